The third kappa shape index (κ3) is 4.68. The summed E-state index contributed by atoms with van der Waals surface area (Å²) in [5.74, 6) is -0.382. The van der Waals surface area contributed by atoms with Crippen molar-refractivity contribution in [1.82, 2.24) is 9.80 Å². The molecule has 1 aliphatic heterocycles. The van der Waals surface area contributed by atoms with Crippen LogP contribution in [0.4, 0.5) is 4.39 Å². The molecule has 2 unspecified atom stereocenters. The van der Waals surface area contributed by atoms with Gasteiger partial charge in [0.05, 0.1) is 18.6 Å². The molecule has 1 N–H and O–H groups in total. The van der Waals surface area contributed by atoms with Crippen molar-refractivity contribution in [1.29, 1.82) is 0 Å². The highest BCUT2D eigenvalue weighted by Crippen LogP contribution is 2.24. The first-order valence-corrected chi connectivity index (χ1v) is 8.98. The molecule has 1 aliphatic rings. The molecular weight excluding hydrogens is 331 g/mol. The molecule has 2 atom stereocenters. The van der Waals surface area contributed by atoms with Gasteiger partial charge in [0, 0.05) is 26.7 Å². The van der Waals surface area contributed by atoms with Crippen LogP contribution in [-0.2, 0) is 11.2 Å². The van der Waals surface area contributed by atoms with Crippen LogP contribution in [0.3, 0.4) is 0 Å². The molecule has 0 radical (unpaired) electrons. The molecule has 3 rings (SSSR count). The lowest BCUT2D eigenvalue weighted by Gasteiger charge is -2.32. The molecule has 1 amide bonds. The molecule has 2 aromatic rings. The minimum Gasteiger partial charge on any atom is -0.392 e. The smallest absolute Gasteiger partial charge is 0.227 e. The lowest BCUT2D eigenvalue weighted by Crippen LogP contribution is -2.39. The average molecular weight is 356 g/mol. The van der Waals surface area contributed by atoms with Gasteiger partial charge in [0.1, 0.15) is 5.82 Å². The van der Waals surface area contributed by atoms with Crippen LogP contribution >= 0.6 is 0 Å². The highest BCUT2D eigenvalue weighted by Gasteiger charge is 2.28. The van der Waals surface area contributed by atoms with Crippen LogP contribution in [0.25, 0.3) is 0 Å². The summed E-state index contributed by atoms with van der Waals surface area (Å²) < 4.78 is 13.4. The van der Waals surface area contributed by atoms with Gasteiger partial charge in [-0.3, -0.25) is 9.69 Å². The van der Waals surface area contributed by atoms with Crippen LogP contribution in [0.15, 0.2) is 54.6 Å². The number of halogens is 1. The van der Waals surface area contributed by atoms with E-state index in [4.69, 9.17) is 0 Å². The number of carbonyl (C=O) groups is 1. The standard InChI is InChI=1S/C21H25FN2O2/c1-23(21(26)13-16-6-5-9-18(22)12-16)20(17-7-3-2-4-8-17)15-24-11-10-19(25)14-24/h2-9,12,19-20,25H,10-11,13-15H2,1H3. The monoisotopic (exact) mass is 356 g/mol. The minimum atomic E-state index is -0.330. The molecule has 0 spiro atoms. The number of hydrogen-bond donors (Lipinski definition) is 1. The molecule has 0 aliphatic carbocycles. The zero-order valence-corrected chi connectivity index (χ0v) is 15.0. The van der Waals surface area contributed by atoms with Gasteiger partial charge in [-0.05, 0) is 29.7 Å². The number of hydrogen-bond acceptors (Lipinski definition) is 3. The summed E-state index contributed by atoms with van der Waals surface area (Å²) in [5.41, 5.74) is 1.73. The Morgan fingerprint density at radius 1 is 1.27 bits per heavy atom. The molecule has 0 saturated carbocycles. The van der Waals surface area contributed by atoms with Gasteiger partial charge in [-0.2, -0.15) is 0 Å². The van der Waals surface area contributed by atoms with Gasteiger partial charge in [0.2, 0.25) is 5.91 Å². The van der Waals surface area contributed by atoms with Crippen LogP contribution < -0.4 is 0 Å². The average Bonchev–Trinajstić information content (AvgIpc) is 3.05. The summed E-state index contributed by atoms with van der Waals surface area (Å²) >= 11 is 0. The number of aliphatic hydroxyl groups excluding tert-OH is 1. The molecule has 138 valence electrons. The predicted molar refractivity (Wildman–Crippen MR) is 99.1 cm³/mol. The highest BCUT2D eigenvalue weighted by atomic mass is 19.1. The molecule has 0 bridgehead atoms. The predicted octanol–water partition coefficient (Wildman–Crippen LogP) is 2.63. The maximum absolute atomic E-state index is 13.4. The highest BCUT2D eigenvalue weighted by molar-refractivity contribution is 5.79. The van der Waals surface area contributed by atoms with Gasteiger partial charge in [0.25, 0.3) is 0 Å². The number of nitrogens with zero attached hydrogens (tertiary/aromatic N) is 2. The minimum absolute atomic E-state index is 0.0517. The van der Waals surface area contributed by atoms with E-state index in [-0.39, 0.29) is 30.3 Å². The van der Waals surface area contributed by atoms with Crippen molar-refractivity contribution in [3.8, 4) is 0 Å². The number of β-amino-alcohol motifs (C(OH)–C–C–N with tert-alkyl or cyclic N) is 1. The van der Waals surface area contributed by atoms with Crippen molar-refractivity contribution in [3.05, 3.63) is 71.5 Å². The number of rotatable bonds is 6. The van der Waals surface area contributed by atoms with Gasteiger partial charge in [-0.1, -0.05) is 42.5 Å². The molecule has 1 heterocycles. The van der Waals surface area contributed by atoms with E-state index >= 15 is 0 Å². The summed E-state index contributed by atoms with van der Waals surface area (Å²) in [6.07, 6.45) is 0.641. The van der Waals surface area contributed by atoms with Gasteiger partial charge < -0.3 is 10.0 Å². The quantitative estimate of drug-likeness (QED) is 0.865. The molecule has 1 fully saturated rings. The molecule has 2 aromatic carbocycles. The number of aliphatic hydroxyl groups is 1. The van der Waals surface area contributed by atoms with Gasteiger partial charge in [-0.25, -0.2) is 4.39 Å². The van der Waals surface area contributed by atoms with E-state index in [1.807, 2.05) is 30.3 Å². The van der Waals surface area contributed by atoms with Crippen molar-refractivity contribution < 1.29 is 14.3 Å². The van der Waals surface area contributed by atoms with Crippen LogP contribution in [0.1, 0.15) is 23.6 Å². The van der Waals surface area contributed by atoms with Crippen molar-refractivity contribution >= 4 is 5.91 Å². The van der Waals surface area contributed by atoms with Crippen molar-refractivity contribution in [3.63, 3.8) is 0 Å². The first kappa shape index (κ1) is 18.5. The van der Waals surface area contributed by atoms with Crippen molar-refractivity contribution in [2.45, 2.75) is 25.0 Å². The number of carbonyl (C=O) groups excluding carboxylic acids is 1. The van der Waals surface area contributed by atoms with Crippen LogP contribution in [0.5, 0.6) is 0 Å². The number of benzene rings is 2. The Kier molecular flexibility index (Phi) is 6.01. The Labute approximate surface area is 153 Å². The first-order chi connectivity index (χ1) is 12.5. The Morgan fingerprint density at radius 3 is 2.69 bits per heavy atom. The number of likely N-dealkylation sites (N-methyl/N-ethyl adjacent to an activating group) is 1. The Bertz CT molecular complexity index is 738. The lowest BCUT2D eigenvalue weighted by atomic mass is 10.0. The molecular formula is C21H25FN2O2. The molecule has 0 aromatic heterocycles. The van der Waals surface area contributed by atoms with E-state index in [1.54, 1.807) is 24.1 Å². The van der Waals surface area contributed by atoms with E-state index in [1.165, 1.54) is 12.1 Å². The zero-order chi connectivity index (χ0) is 18.5. The molecule has 1 saturated heterocycles. The number of amides is 1. The first-order valence-electron chi connectivity index (χ1n) is 8.98. The van der Waals surface area contributed by atoms with Gasteiger partial charge in [0.15, 0.2) is 0 Å². The fourth-order valence-corrected chi connectivity index (χ4v) is 3.47. The van der Waals surface area contributed by atoms with Crippen molar-refractivity contribution in [2.24, 2.45) is 0 Å². The summed E-state index contributed by atoms with van der Waals surface area (Å²) in [6.45, 7) is 2.14. The summed E-state index contributed by atoms with van der Waals surface area (Å²) in [7, 11) is 1.80. The second-order valence-electron chi connectivity index (χ2n) is 6.94. The normalized spacial score (nSPS) is 18.7. The van der Waals surface area contributed by atoms with E-state index in [0.29, 0.717) is 18.7 Å². The summed E-state index contributed by atoms with van der Waals surface area (Å²) in [6, 6.07) is 16.0. The van der Waals surface area contributed by atoms with E-state index in [9.17, 15) is 14.3 Å². The largest absolute Gasteiger partial charge is 0.392 e. The molecule has 26 heavy (non-hydrogen) atoms. The van der Waals surface area contributed by atoms with E-state index in [2.05, 4.69) is 4.90 Å². The third-order valence-corrected chi connectivity index (χ3v) is 4.97. The van der Waals surface area contributed by atoms with Gasteiger partial charge >= 0.3 is 0 Å². The summed E-state index contributed by atoms with van der Waals surface area (Å²) in [5, 5.41) is 9.79. The van der Waals surface area contributed by atoms with E-state index in [0.717, 1.165) is 18.5 Å². The lowest BCUT2D eigenvalue weighted by molar-refractivity contribution is -0.131. The van der Waals surface area contributed by atoms with Crippen LogP contribution in [0.2, 0.25) is 0 Å². The van der Waals surface area contributed by atoms with E-state index < -0.39 is 0 Å². The maximum Gasteiger partial charge on any atom is 0.227 e. The fourth-order valence-electron chi connectivity index (χ4n) is 3.47. The third-order valence-electron chi connectivity index (χ3n) is 4.97. The summed E-state index contributed by atoms with van der Waals surface area (Å²) in [4.78, 5) is 16.7. The fraction of sp³-hybridized carbons (Fsp3) is 0.381. The zero-order valence-electron chi connectivity index (χ0n) is 15.0. The maximum atomic E-state index is 13.4. The Hall–Kier alpha value is -2.24. The van der Waals surface area contributed by atoms with Gasteiger partial charge in [-0.15, -0.1) is 0 Å². The topological polar surface area (TPSA) is 43.8 Å². The Morgan fingerprint density at radius 2 is 2.04 bits per heavy atom. The van der Waals surface area contributed by atoms with Crippen molar-refractivity contribution in [2.75, 3.05) is 26.7 Å². The number of likely N-dealkylation sites (tertiary alicyclic amines) is 1. The van der Waals surface area contributed by atoms with Crippen LogP contribution in [-0.4, -0.2) is 53.6 Å². The van der Waals surface area contributed by atoms with Crippen LogP contribution in [0, 0.1) is 5.82 Å². The second-order valence-corrected chi connectivity index (χ2v) is 6.94. The second kappa shape index (κ2) is 8.43. The molecule has 4 nitrogen and oxygen atoms in total. The Balaban J connectivity index is 1.75. The molecule has 5 heteroatoms. The SMILES string of the molecule is CN(C(=O)Cc1cccc(F)c1)C(CN1CCC(O)C1)c1ccccc1.